The number of halogens is 1. The summed E-state index contributed by atoms with van der Waals surface area (Å²) in [4.78, 5) is 12.2. The van der Waals surface area contributed by atoms with Crippen LogP contribution in [0, 0.1) is 6.92 Å². The molecule has 0 spiro atoms. The van der Waals surface area contributed by atoms with Crippen LogP contribution in [0.3, 0.4) is 0 Å². The molecule has 1 amide bonds. The van der Waals surface area contributed by atoms with Crippen LogP contribution in [-0.4, -0.2) is 11.9 Å². The predicted octanol–water partition coefficient (Wildman–Crippen LogP) is 3.92. The second-order valence-corrected chi connectivity index (χ2v) is 5.72. The Kier molecular flexibility index (Phi) is 3.53. The van der Waals surface area contributed by atoms with Gasteiger partial charge >= 0.3 is 0 Å². The zero-order valence-electron chi connectivity index (χ0n) is 11.2. The lowest BCUT2D eigenvalue weighted by atomic mass is 9.75. The van der Waals surface area contributed by atoms with Crippen LogP contribution < -0.4 is 5.32 Å². The van der Waals surface area contributed by atoms with Crippen LogP contribution in [0.5, 0.6) is 0 Å². The number of amides is 1. The van der Waals surface area contributed by atoms with Gasteiger partial charge in [0.2, 0.25) is 0 Å². The maximum absolute atomic E-state index is 12.2. The van der Waals surface area contributed by atoms with Gasteiger partial charge in [-0.1, -0.05) is 23.7 Å². The summed E-state index contributed by atoms with van der Waals surface area (Å²) in [7, 11) is 0. The first-order valence-electron chi connectivity index (χ1n) is 6.74. The standard InChI is InChI=1S/C16H16ClNO2/c1-10-8-20-9-14(10)16(19)18-15-7-6-13(15)11-2-4-12(17)5-3-11/h2-5,8-9,13,15H,6-7H2,1H3,(H,18,19)/t13-,15-/m0/s1. The first kappa shape index (κ1) is 13.3. The largest absolute Gasteiger partial charge is 0.471 e. The van der Waals surface area contributed by atoms with Crippen molar-refractivity contribution in [2.75, 3.05) is 0 Å². The number of benzene rings is 1. The smallest absolute Gasteiger partial charge is 0.255 e. The Morgan fingerprint density at radius 2 is 2.00 bits per heavy atom. The van der Waals surface area contributed by atoms with Crippen LogP contribution in [-0.2, 0) is 0 Å². The quantitative estimate of drug-likeness (QED) is 0.930. The number of furan rings is 1. The second-order valence-electron chi connectivity index (χ2n) is 5.28. The minimum Gasteiger partial charge on any atom is -0.471 e. The molecule has 4 heteroatoms. The van der Waals surface area contributed by atoms with Gasteiger partial charge in [-0.15, -0.1) is 0 Å². The maximum atomic E-state index is 12.2. The van der Waals surface area contributed by atoms with Crippen molar-refractivity contribution >= 4 is 17.5 Å². The van der Waals surface area contributed by atoms with E-state index in [-0.39, 0.29) is 11.9 Å². The molecular formula is C16H16ClNO2. The molecule has 2 atom stereocenters. The third kappa shape index (κ3) is 2.46. The molecule has 2 aromatic rings. The van der Waals surface area contributed by atoms with E-state index >= 15 is 0 Å². The topological polar surface area (TPSA) is 42.2 Å². The van der Waals surface area contributed by atoms with E-state index in [4.69, 9.17) is 16.0 Å². The third-order valence-corrected chi connectivity index (χ3v) is 4.24. The van der Waals surface area contributed by atoms with Gasteiger partial charge in [-0.2, -0.15) is 0 Å². The highest BCUT2D eigenvalue weighted by atomic mass is 35.5. The van der Waals surface area contributed by atoms with E-state index in [0.717, 1.165) is 23.4 Å². The lowest BCUT2D eigenvalue weighted by Crippen LogP contribution is -2.45. The molecule has 1 fully saturated rings. The Morgan fingerprint density at radius 3 is 2.55 bits per heavy atom. The van der Waals surface area contributed by atoms with Crippen LogP contribution in [0.4, 0.5) is 0 Å². The fraction of sp³-hybridized carbons (Fsp3) is 0.312. The molecule has 3 rings (SSSR count). The molecule has 1 aromatic carbocycles. The van der Waals surface area contributed by atoms with E-state index in [1.807, 2.05) is 31.2 Å². The molecule has 0 saturated heterocycles. The molecule has 1 aromatic heterocycles. The van der Waals surface area contributed by atoms with E-state index < -0.39 is 0 Å². The molecule has 1 N–H and O–H groups in total. The van der Waals surface area contributed by atoms with Gasteiger partial charge in [-0.25, -0.2) is 0 Å². The summed E-state index contributed by atoms with van der Waals surface area (Å²) in [5.41, 5.74) is 2.71. The Morgan fingerprint density at radius 1 is 1.25 bits per heavy atom. The summed E-state index contributed by atoms with van der Waals surface area (Å²) in [5, 5.41) is 3.83. The minimum absolute atomic E-state index is 0.0556. The van der Waals surface area contributed by atoms with Gasteiger partial charge in [0.25, 0.3) is 5.91 Å². The van der Waals surface area contributed by atoms with Gasteiger partial charge in [-0.05, 0) is 43.0 Å². The first-order valence-corrected chi connectivity index (χ1v) is 7.12. The molecule has 1 heterocycles. The molecule has 0 aliphatic heterocycles. The second kappa shape index (κ2) is 5.33. The number of nitrogens with one attached hydrogen (secondary N) is 1. The summed E-state index contributed by atoms with van der Waals surface area (Å²) in [6, 6.07) is 8.06. The molecule has 3 nitrogen and oxygen atoms in total. The molecule has 1 saturated carbocycles. The summed E-state index contributed by atoms with van der Waals surface area (Å²) < 4.78 is 5.05. The van der Waals surface area contributed by atoms with E-state index in [1.54, 1.807) is 6.26 Å². The molecule has 1 aliphatic carbocycles. The van der Waals surface area contributed by atoms with Crippen LogP contribution in [0.2, 0.25) is 5.02 Å². The van der Waals surface area contributed by atoms with Gasteiger partial charge in [0, 0.05) is 17.0 Å². The van der Waals surface area contributed by atoms with Crippen molar-refractivity contribution in [1.29, 1.82) is 0 Å². The molecular weight excluding hydrogens is 274 g/mol. The van der Waals surface area contributed by atoms with Gasteiger partial charge in [0.15, 0.2) is 0 Å². The molecule has 0 radical (unpaired) electrons. The third-order valence-electron chi connectivity index (χ3n) is 3.99. The van der Waals surface area contributed by atoms with Crippen molar-refractivity contribution in [2.24, 2.45) is 0 Å². The highest BCUT2D eigenvalue weighted by Crippen LogP contribution is 2.37. The van der Waals surface area contributed by atoms with Crippen molar-refractivity contribution < 1.29 is 9.21 Å². The van der Waals surface area contributed by atoms with E-state index in [1.165, 1.54) is 11.8 Å². The molecule has 20 heavy (non-hydrogen) atoms. The van der Waals surface area contributed by atoms with Gasteiger partial charge < -0.3 is 9.73 Å². The Bertz CT molecular complexity index is 618. The number of aryl methyl sites for hydroxylation is 1. The van der Waals surface area contributed by atoms with E-state index in [9.17, 15) is 4.79 Å². The molecule has 104 valence electrons. The van der Waals surface area contributed by atoms with Crippen molar-refractivity contribution in [3.05, 3.63) is 58.5 Å². The Hall–Kier alpha value is -1.74. The number of rotatable bonds is 3. The number of carbonyl (C=O) groups is 1. The number of hydrogen-bond donors (Lipinski definition) is 1. The Balaban J connectivity index is 1.68. The molecule has 0 bridgehead atoms. The SMILES string of the molecule is Cc1cocc1C(=O)N[C@H]1CC[C@H]1c1ccc(Cl)cc1. The van der Waals surface area contributed by atoms with Crippen LogP contribution in [0.1, 0.15) is 40.2 Å². The summed E-state index contributed by atoms with van der Waals surface area (Å²) >= 11 is 5.90. The van der Waals surface area contributed by atoms with Crippen molar-refractivity contribution in [1.82, 2.24) is 5.32 Å². The highest BCUT2D eigenvalue weighted by Gasteiger charge is 2.33. The summed E-state index contributed by atoms with van der Waals surface area (Å²) in [5.74, 6) is 0.323. The van der Waals surface area contributed by atoms with Crippen molar-refractivity contribution in [2.45, 2.75) is 31.7 Å². The monoisotopic (exact) mass is 289 g/mol. The van der Waals surface area contributed by atoms with E-state index in [0.29, 0.717) is 11.5 Å². The van der Waals surface area contributed by atoms with Crippen LogP contribution >= 0.6 is 11.6 Å². The van der Waals surface area contributed by atoms with Crippen molar-refractivity contribution in [3.63, 3.8) is 0 Å². The van der Waals surface area contributed by atoms with Gasteiger partial charge in [-0.3, -0.25) is 4.79 Å². The highest BCUT2D eigenvalue weighted by molar-refractivity contribution is 6.30. The number of hydrogen-bond acceptors (Lipinski definition) is 2. The Labute approximate surface area is 122 Å². The van der Waals surface area contributed by atoms with Crippen LogP contribution in [0.25, 0.3) is 0 Å². The average Bonchev–Trinajstić information content (AvgIpc) is 2.83. The zero-order chi connectivity index (χ0) is 14.1. The fourth-order valence-corrected chi connectivity index (χ4v) is 2.75. The maximum Gasteiger partial charge on any atom is 0.255 e. The summed E-state index contributed by atoms with van der Waals surface area (Å²) in [6.07, 6.45) is 5.19. The fourth-order valence-electron chi connectivity index (χ4n) is 2.62. The van der Waals surface area contributed by atoms with Gasteiger partial charge in [0.1, 0.15) is 6.26 Å². The van der Waals surface area contributed by atoms with Crippen LogP contribution in [0.15, 0.2) is 41.2 Å². The lowest BCUT2D eigenvalue weighted by Gasteiger charge is -2.37. The zero-order valence-corrected chi connectivity index (χ0v) is 12.0. The first-order chi connectivity index (χ1) is 9.65. The lowest BCUT2D eigenvalue weighted by molar-refractivity contribution is 0.0903. The average molecular weight is 290 g/mol. The summed E-state index contributed by atoms with van der Waals surface area (Å²) in [6.45, 7) is 1.87. The predicted molar refractivity (Wildman–Crippen MR) is 78.1 cm³/mol. The van der Waals surface area contributed by atoms with E-state index in [2.05, 4.69) is 5.32 Å². The van der Waals surface area contributed by atoms with Crippen molar-refractivity contribution in [3.8, 4) is 0 Å². The van der Waals surface area contributed by atoms with Gasteiger partial charge in [0.05, 0.1) is 11.8 Å². The molecule has 1 aliphatic rings. The molecule has 0 unspecified atom stereocenters. The normalized spacial score (nSPS) is 21.3. The number of carbonyl (C=O) groups excluding carboxylic acids is 1. The minimum atomic E-state index is -0.0556.